The molecule has 1 N–H and O–H groups in total. The van der Waals surface area contributed by atoms with Gasteiger partial charge in [-0.2, -0.15) is 0 Å². The molecule has 1 aliphatic rings. The Bertz CT molecular complexity index is 642. The van der Waals surface area contributed by atoms with Crippen LogP contribution in [0.25, 0.3) is 0 Å². The van der Waals surface area contributed by atoms with E-state index in [2.05, 4.69) is 10.3 Å². The molecule has 8 nitrogen and oxygen atoms in total. The van der Waals surface area contributed by atoms with Gasteiger partial charge in [0.25, 0.3) is 0 Å². The number of methoxy groups -OCH3 is 1. The summed E-state index contributed by atoms with van der Waals surface area (Å²) in [5, 5.41) is 2.85. The molecule has 8 heteroatoms. The molecular weight excluding hydrogens is 348 g/mol. The number of anilines is 1. The summed E-state index contributed by atoms with van der Waals surface area (Å²) in [5.41, 5.74) is 0.102. The van der Waals surface area contributed by atoms with Crippen LogP contribution in [0.1, 0.15) is 33.6 Å². The average molecular weight is 378 g/mol. The lowest BCUT2D eigenvalue weighted by Crippen LogP contribution is -2.46. The molecule has 0 radical (unpaired) electrons. The van der Waals surface area contributed by atoms with Gasteiger partial charge >= 0.3 is 12.1 Å². The molecule has 1 aromatic rings. The van der Waals surface area contributed by atoms with Crippen LogP contribution < -0.4 is 10.1 Å². The van der Waals surface area contributed by atoms with E-state index in [4.69, 9.17) is 9.47 Å². The van der Waals surface area contributed by atoms with Gasteiger partial charge < -0.3 is 24.6 Å². The van der Waals surface area contributed by atoms with Crippen molar-refractivity contribution in [2.24, 2.45) is 5.92 Å². The molecule has 0 aromatic carbocycles. The molecule has 1 saturated heterocycles. The van der Waals surface area contributed by atoms with Crippen molar-refractivity contribution >= 4 is 17.8 Å². The van der Waals surface area contributed by atoms with Crippen LogP contribution in [0.5, 0.6) is 5.88 Å². The summed E-state index contributed by atoms with van der Waals surface area (Å²) < 4.78 is 10.4. The number of hydrogen-bond donors (Lipinski definition) is 1. The number of ether oxygens (including phenoxy) is 2. The van der Waals surface area contributed by atoms with Gasteiger partial charge in [-0.05, 0) is 45.6 Å². The first-order valence-corrected chi connectivity index (χ1v) is 9.18. The molecule has 1 aromatic heterocycles. The molecular formula is C19H30N4O4. The fourth-order valence-electron chi connectivity index (χ4n) is 2.98. The van der Waals surface area contributed by atoms with E-state index >= 15 is 0 Å². The minimum absolute atomic E-state index is 0.161. The Morgan fingerprint density at radius 3 is 2.70 bits per heavy atom. The number of nitrogens with zero attached hydrogens (tertiary/aromatic N) is 3. The first-order chi connectivity index (χ1) is 12.7. The third kappa shape index (κ3) is 6.62. The summed E-state index contributed by atoms with van der Waals surface area (Å²) in [7, 11) is 3.28. The van der Waals surface area contributed by atoms with E-state index < -0.39 is 5.60 Å². The minimum Gasteiger partial charge on any atom is -0.481 e. The molecule has 2 heterocycles. The van der Waals surface area contributed by atoms with E-state index in [0.717, 1.165) is 12.8 Å². The van der Waals surface area contributed by atoms with Gasteiger partial charge in [0.15, 0.2) is 0 Å². The maximum atomic E-state index is 12.5. The molecule has 0 bridgehead atoms. The van der Waals surface area contributed by atoms with E-state index in [0.29, 0.717) is 31.2 Å². The highest BCUT2D eigenvalue weighted by Crippen LogP contribution is 2.20. The van der Waals surface area contributed by atoms with Gasteiger partial charge in [0.1, 0.15) is 5.60 Å². The Kier molecular flexibility index (Phi) is 6.87. The third-order valence-corrected chi connectivity index (χ3v) is 4.24. The lowest BCUT2D eigenvalue weighted by atomic mass is 9.98. The zero-order chi connectivity index (χ0) is 20.0. The maximum absolute atomic E-state index is 12.5. The molecule has 27 heavy (non-hydrogen) atoms. The number of amides is 3. The van der Waals surface area contributed by atoms with E-state index in [1.165, 1.54) is 0 Å². The number of pyridine rings is 1. The van der Waals surface area contributed by atoms with Gasteiger partial charge in [0.05, 0.1) is 19.0 Å². The number of aromatic nitrogens is 1. The molecule has 0 aliphatic carbocycles. The highest BCUT2D eigenvalue weighted by molar-refractivity contribution is 5.89. The van der Waals surface area contributed by atoms with Gasteiger partial charge in [-0.25, -0.2) is 14.6 Å². The van der Waals surface area contributed by atoms with Crippen LogP contribution >= 0.6 is 0 Å². The van der Waals surface area contributed by atoms with Crippen molar-refractivity contribution in [1.82, 2.24) is 14.8 Å². The van der Waals surface area contributed by atoms with Crippen LogP contribution in [0.15, 0.2) is 18.3 Å². The Morgan fingerprint density at radius 2 is 2.11 bits per heavy atom. The van der Waals surface area contributed by atoms with Gasteiger partial charge in [-0.1, -0.05) is 0 Å². The molecule has 2 rings (SSSR count). The smallest absolute Gasteiger partial charge is 0.410 e. The van der Waals surface area contributed by atoms with Crippen LogP contribution in [-0.4, -0.2) is 66.3 Å². The Balaban J connectivity index is 1.86. The molecule has 0 saturated carbocycles. The van der Waals surface area contributed by atoms with Gasteiger partial charge in [-0.3, -0.25) is 0 Å². The van der Waals surface area contributed by atoms with E-state index in [-0.39, 0.29) is 18.0 Å². The lowest BCUT2D eigenvalue weighted by Gasteiger charge is -2.35. The van der Waals surface area contributed by atoms with Crippen molar-refractivity contribution in [3.63, 3.8) is 0 Å². The standard InChI is InChI=1S/C19H30N4O4/c1-19(2,3)27-18(25)22(4)12-14-7-6-10-23(13-14)17(24)21-15-8-9-16(26-5)20-11-15/h8-9,11,14H,6-7,10,12-13H2,1-5H3,(H,21,24). The molecule has 1 aliphatic heterocycles. The fraction of sp³-hybridized carbons (Fsp3) is 0.632. The third-order valence-electron chi connectivity index (χ3n) is 4.24. The lowest BCUT2D eigenvalue weighted by molar-refractivity contribution is 0.0253. The highest BCUT2D eigenvalue weighted by Gasteiger charge is 2.27. The second-order valence-electron chi connectivity index (χ2n) is 7.83. The highest BCUT2D eigenvalue weighted by atomic mass is 16.6. The van der Waals surface area contributed by atoms with Crippen molar-refractivity contribution in [2.45, 2.75) is 39.2 Å². The Hall–Kier alpha value is -2.51. The number of carbonyl (C=O) groups is 2. The first-order valence-electron chi connectivity index (χ1n) is 9.18. The maximum Gasteiger partial charge on any atom is 0.410 e. The normalized spacial score (nSPS) is 17.2. The predicted molar refractivity (Wildman–Crippen MR) is 103 cm³/mol. The number of rotatable bonds is 4. The van der Waals surface area contributed by atoms with Crippen LogP contribution in [0.3, 0.4) is 0 Å². The minimum atomic E-state index is -0.518. The molecule has 3 amide bonds. The summed E-state index contributed by atoms with van der Waals surface area (Å²) in [6, 6.07) is 3.29. The van der Waals surface area contributed by atoms with Crippen molar-refractivity contribution in [3.8, 4) is 5.88 Å². The zero-order valence-corrected chi connectivity index (χ0v) is 16.8. The topological polar surface area (TPSA) is 84.0 Å². The number of piperidine rings is 1. The Morgan fingerprint density at radius 1 is 1.37 bits per heavy atom. The molecule has 0 spiro atoms. The van der Waals surface area contributed by atoms with Crippen LogP contribution in [0.4, 0.5) is 15.3 Å². The summed E-state index contributed by atoms with van der Waals surface area (Å²) >= 11 is 0. The Labute approximate surface area is 160 Å². The van der Waals surface area contributed by atoms with E-state index in [1.807, 2.05) is 20.8 Å². The quantitative estimate of drug-likeness (QED) is 0.870. The number of likely N-dealkylation sites (tertiary alicyclic amines) is 1. The molecule has 1 atom stereocenters. The van der Waals surface area contributed by atoms with Crippen molar-refractivity contribution in [1.29, 1.82) is 0 Å². The van der Waals surface area contributed by atoms with Crippen LogP contribution in [0.2, 0.25) is 0 Å². The van der Waals surface area contributed by atoms with Gasteiger partial charge in [0, 0.05) is 32.7 Å². The number of hydrogen-bond acceptors (Lipinski definition) is 5. The molecule has 1 fully saturated rings. The summed E-state index contributed by atoms with van der Waals surface area (Å²) in [5.74, 6) is 0.715. The molecule has 1 unspecified atom stereocenters. The summed E-state index contributed by atoms with van der Waals surface area (Å²) in [6.45, 7) is 7.39. The second-order valence-corrected chi connectivity index (χ2v) is 7.83. The first kappa shape index (κ1) is 20.8. The predicted octanol–water partition coefficient (Wildman–Crippen LogP) is 3.20. The van der Waals surface area contributed by atoms with E-state index in [9.17, 15) is 9.59 Å². The van der Waals surface area contributed by atoms with Crippen LogP contribution in [0, 0.1) is 5.92 Å². The van der Waals surface area contributed by atoms with Crippen LogP contribution in [-0.2, 0) is 4.74 Å². The summed E-state index contributed by atoms with van der Waals surface area (Å²) in [6.07, 6.45) is 3.10. The van der Waals surface area contributed by atoms with E-state index in [1.54, 1.807) is 42.3 Å². The van der Waals surface area contributed by atoms with Gasteiger partial charge in [0.2, 0.25) is 5.88 Å². The number of urea groups is 1. The van der Waals surface area contributed by atoms with Crippen molar-refractivity contribution in [2.75, 3.05) is 39.1 Å². The van der Waals surface area contributed by atoms with Crippen molar-refractivity contribution < 1.29 is 19.1 Å². The summed E-state index contributed by atoms with van der Waals surface area (Å²) in [4.78, 5) is 32.1. The fourth-order valence-corrected chi connectivity index (χ4v) is 2.98. The zero-order valence-electron chi connectivity index (χ0n) is 16.8. The largest absolute Gasteiger partial charge is 0.481 e. The molecule has 150 valence electrons. The number of nitrogens with one attached hydrogen (secondary N) is 1. The van der Waals surface area contributed by atoms with Gasteiger partial charge in [-0.15, -0.1) is 0 Å². The SMILES string of the molecule is COc1ccc(NC(=O)N2CCCC(CN(C)C(=O)OC(C)(C)C)C2)cn1. The monoisotopic (exact) mass is 378 g/mol. The van der Waals surface area contributed by atoms with Crippen molar-refractivity contribution in [3.05, 3.63) is 18.3 Å². The number of carbonyl (C=O) groups excluding carboxylic acids is 2. The second kappa shape index (κ2) is 8.92. The average Bonchev–Trinajstić information content (AvgIpc) is 2.61.